The van der Waals surface area contributed by atoms with E-state index in [2.05, 4.69) is 57.8 Å². The lowest BCUT2D eigenvalue weighted by molar-refractivity contribution is -0.686. The molecule has 0 bridgehead atoms. The van der Waals surface area contributed by atoms with Crippen molar-refractivity contribution in [1.82, 2.24) is 5.32 Å². The van der Waals surface area contributed by atoms with Gasteiger partial charge in [-0.05, 0) is 24.1 Å². The topological polar surface area (TPSA) is 45.7 Å². The highest BCUT2D eigenvalue weighted by molar-refractivity contribution is 9.10. The van der Waals surface area contributed by atoms with Crippen molar-refractivity contribution in [2.45, 2.75) is 25.8 Å². The smallest absolute Gasteiger partial charge is 0.275 e. The molecule has 23 heavy (non-hydrogen) atoms. The predicted molar refractivity (Wildman–Crippen MR) is 97.1 cm³/mol. The Morgan fingerprint density at radius 2 is 1.83 bits per heavy atom. The van der Waals surface area contributed by atoms with Crippen LogP contribution in [-0.2, 0) is 11.2 Å². The minimum absolute atomic E-state index is 0.0940. The van der Waals surface area contributed by atoms with Gasteiger partial charge in [-0.2, -0.15) is 0 Å². The van der Waals surface area contributed by atoms with E-state index in [1.165, 1.54) is 11.1 Å². The first kappa shape index (κ1) is 17.7. The van der Waals surface area contributed by atoms with Crippen molar-refractivity contribution >= 4 is 21.8 Å². The van der Waals surface area contributed by atoms with E-state index in [0.29, 0.717) is 19.1 Å². The summed E-state index contributed by atoms with van der Waals surface area (Å²) in [6, 6.07) is 18.9. The molecule has 122 valence electrons. The number of hydrogen-bond acceptors (Lipinski definition) is 1. The van der Waals surface area contributed by atoms with Gasteiger partial charge in [-0.25, -0.2) is 0 Å². The third-order valence-electron chi connectivity index (χ3n) is 3.90. The summed E-state index contributed by atoms with van der Waals surface area (Å²) in [6.45, 7) is 3.30. The molecule has 0 aliphatic carbocycles. The molecule has 0 aliphatic rings. The lowest BCUT2D eigenvalue weighted by atomic mass is 10.0. The van der Waals surface area contributed by atoms with Gasteiger partial charge in [-0.15, -0.1) is 0 Å². The molecule has 0 aromatic heterocycles. The summed E-state index contributed by atoms with van der Waals surface area (Å²) in [6.07, 6.45) is 1.87. The van der Waals surface area contributed by atoms with Crippen molar-refractivity contribution in [3.05, 3.63) is 70.2 Å². The molecular weight excluding hydrogens is 352 g/mol. The molecule has 2 aromatic carbocycles. The minimum atomic E-state index is 0.0940. The van der Waals surface area contributed by atoms with Gasteiger partial charge >= 0.3 is 0 Å². The fourth-order valence-electron chi connectivity index (χ4n) is 2.56. The molecule has 3 N–H and O–H groups in total. The first-order valence-electron chi connectivity index (χ1n) is 8.08. The van der Waals surface area contributed by atoms with Crippen LogP contribution < -0.4 is 10.6 Å². The zero-order valence-corrected chi connectivity index (χ0v) is 15.1. The van der Waals surface area contributed by atoms with Crippen LogP contribution in [0.2, 0.25) is 0 Å². The number of rotatable bonds is 8. The van der Waals surface area contributed by atoms with E-state index in [1.807, 2.05) is 30.3 Å². The Labute approximate surface area is 146 Å². The van der Waals surface area contributed by atoms with E-state index in [4.69, 9.17) is 0 Å². The van der Waals surface area contributed by atoms with Crippen LogP contribution in [0.25, 0.3) is 0 Å². The van der Waals surface area contributed by atoms with Crippen molar-refractivity contribution in [2.24, 2.45) is 0 Å². The number of nitrogens with one attached hydrogen (secondary N) is 1. The Balaban J connectivity index is 1.73. The Morgan fingerprint density at radius 1 is 1.13 bits per heavy atom. The van der Waals surface area contributed by atoms with E-state index < -0.39 is 0 Å². The maximum Gasteiger partial charge on any atom is 0.275 e. The third kappa shape index (κ3) is 6.16. The Hall–Kier alpha value is -1.65. The maximum absolute atomic E-state index is 12.0. The van der Waals surface area contributed by atoms with Crippen LogP contribution in [0, 0.1) is 0 Å². The SMILES string of the molecule is CC[C@@H]([NH2+]CC(=O)NCCc1ccccc1)c1ccc(Br)cc1. The number of halogens is 1. The van der Waals surface area contributed by atoms with Crippen molar-refractivity contribution < 1.29 is 10.1 Å². The third-order valence-corrected chi connectivity index (χ3v) is 4.43. The molecule has 0 spiro atoms. The minimum Gasteiger partial charge on any atom is -0.351 e. The standard InChI is InChI=1S/C19H23BrN2O/c1-2-18(16-8-10-17(20)11-9-16)22-14-19(23)21-13-12-15-6-4-3-5-7-15/h3-11,18,22H,2,12-14H2,1H3,(H,21,23)/p+1/t18-/m1/s1. The second kappa shape index (κ2) is 9.48. The van der Waals surface area contributed by atoms with Gasteiger partial charge in [0.15, 0.2) is 6.54 Å². The summed E-state index contributed by atoms with van der Waals surface area (Å²) in [5, 5.41) is 5.11. The van der Waals surface area contributed by atoms with Gasteiger partial charge in [0, 0.05) is 23.0 Å². The molecule has 0 unspecified atom stereocenters. The lowest BCUT2D eigenvalue weighted by Gasteiger charge is -2.14. The molecule has 2 rings (SSSR count). The summed E-state index contributed by atoms with van der Waals surface area (Å²) in [7, 11) is 0. The van der Waals surface area contributed by atoms with Gasteiger partial charge in [-0.3, -0.25) is 4.79 Å². The van der Waals surface area contributed by atoms with Crippen LogP contribution in [-0.4, -0.2) is 19.0 Å². The van der Waals surface area contributed by atoms with Crippen molar-refractivity contribution in [1.29, 1.82) is 0 Å². The Morgan fingerprint density at radius 3 is 2.48 bits per heavy atom. The monoisotopic (exact) mass is 375 g/mol. The molecule has 4 heteroatoms. The van der Waals surface area contributed by atoms with E-state index in [-0.39, 0.29) is 5.91 Å². The zero-order chi connectivity index (χ0) is 16.5. The highest BCUT2D eigenvalue weighted by Gasteiger charge is 2.14. The average molecular weight is 376 g/mol. The summed E-state index contributed by atoms with van der Waals surface area (Å²) in [5.41, 5.74) is 2.51. The number of amides is 1. The molecule has 0 radical (unpaired) electrons. The molecule has 3 nitrogen and oxygen atoms in total. The van der Waals surface area contributed by atoms with E-state index >= 15 is 0 Å². The predicted octanol–water partition coefficient (Wildman–Crippen LogP) is 2.82. The van der Waals surface area contributed by atoms with Crippen molar-refractivity contribution in [3.8, 4) is 0 Å². The van der Waals surface area contributed by atoms with Gasteiger partial charge in [0.05, 0.1) is 0 Å². The maximum atomic E-state index is 12.0. The number of benzene rings is 2. The molecule has 0 saturated carbocycles. The van der Waals surface area contributed by atoms with Crippen LogP contribution in [0.3, 0.4) is 0 Å². The van der Waals surface area contributed by atoms with Gasteiger partial charge in [-0.1, -0.05) is 65.3 Å². The van der Waals surface area contributed by atoms with Crippen molar-refractivity contribution in [2.75, 3.05) is 13.1 Å². The number of nitrogens with two attached hydrogens (primary N) is 1. The Bertz CT molecular complexity index is 599. The molecule has 1 atom stereocenters. The highest BCUT2D eigenvalue weighted by Crippen LogP contribution is 2.16. The fraction of sp³-hybridized carbons (Fsp3) is 0.316. The van der Waals surface area contributed by atoms with Gasteiger partial charge < -0.3 is 10.6 Å². The number of carbonyl (C=O) groups excluding carboxylic acids is 1. The van der Waals surface area contributed by atoms with Crippen LogP contribution in [0.5, 0.6) is 0 Å². The second-order valence-corrected chi connectivity index (χ2v) is 6.51. The molecular formula is C19H24BrN2O+. The summed E-state index contributed by atoms with van der Waals surface area (Å²) < 4.78 is 1.08. The number of quaternary nitrogens is 1. The summed E-state index contributed by atoms with van der Waals surface area (Å²) in [5.74, 6) is 0.0940. The molecule has 0 fully saturated rings. The largest absolute Gasteiger partial charge is 0.351 e. The normalized spacial score (nSPS) is 11.9. The summed E-state index contributed by atoms with van der Waals surface area (Å²) >= 11 is 3.45. The number of hydrogen-bond donors (Lipinski definition) is 2. The molecule has 0 heterocycles. The first-order valence-corrected chi connectivity index (χ1v) is 8.87. The molecule has 0 aliphatic heterocycles. The van der Waals surface area contributed by atoms with Crippen LogP contribution in [0.1, 0.15) is 30.5 Å². The van der Waals surface area contributed by atoms with Gasteiger partial charge in [0.25, 0.3) is 5.91 Å². The first-order chi connectivity index (χ1) is 11.2. The van der Waals surface area contributed by atoms with E-state index in [9.17, 15) is 4.79 Å². The van der Waals surface area contributed by atoms with Crippen LogP contribution in [0.4, 0.5) is 0 Å². The average Bonchev–Trinajstić information content (AvgIpc) is 2.58. The molecule has 0 saturated heterocycles. The highest BCUT2D eigenvalue weighted by atomic mass is 79.9. The lowest BCUT2D eigenvalue weighted by Crippen LogP contribution is -2.87. The summed E-state index contributed by atoms with van der Waals surface area (Å²) in [4.78, 5) is 12.0. The quantitative estimate of drug-likeness (QED) is 0.731. The zero-order valence-electron chi connectivity index (χ0n) is 13.5. The van der Waals surface area contributed by atoms with E-state index in [0.717, 1.165) is 17.3 Å². The van der Waals surface area contributed by atoms with Gasteiger partial charge in [0.1, 0.15) is 6.04 Å². The fourth-order valence-corrected chi connectivity index (χ4v) is 2.83. The second-order valence-electron chi connectivity index (χ2n) is 5.59. The number of carbonyl (C=O) groups is 1. The van der Waals surface area contributed by atoms with Crippen molar-refractivity contribution in [3.63, 3.8) is 0 Å². The van der Waals surface area contributed by atoms with Crippen LogP contribution in [0.15, 0.2) is 59.1 Å². The molecule has 1 amide bonds. The van der Waals surface area contributed by atoms with Crippen LogP contribution >= 0.6 is 15.9 Å². The Kier molecular flexibility index (Phi) is 7.30. The van der Waals surface area contributed by atoms with E-state index in [1.54, 1.807) is 0 Å². The molecule has 2 aromatic rings. The van der Waals surface area contributed by atoms with Gasteiger partial charge in [0.2, 0.25) is 0 Å².